The number of nitrogens with one attached hydrogen (secondary N) is 1. The maximum absolute atomic E-state index is 11.0. The van der Waals surface area contributed by atoms with E-state index in [0.717, 1.165) is 11.3 Å². The highest BCUT2D eigenvalue weighted by atomic mass is 16.5. The average Bonchev–Trinajstić information content (AvgIpc) is 2.93. The van der Waals surface area contributed by atoms with E-state index in [1.165, 1.54) is 0 Å². The van der Waals surface area contributed by atoms with Gasteiger partial charge >= 0.3 is 0 Å². The van der Waals surface area contributed by atoms with Crippen LogP contribution in [0.15, 0.2) is 30.5 Å². The van der Waals surface area contributed by atoms with Crippen molar-refractivity contribution in [1.29, 1.82) is 0 Å². The summed E-state index contributed by atoms with van der Waals surface area (Å²) in [5.41, 5.74) is 7.05. The Hall–Kier alpha value is -2.41. The van der Waals surface area contributed by atoms with Gasteiger partial charge in [0.25, 0.3) is 0 Å². The first kappa shape index (κ1) is 15.0. The van der Waals surface area contributed by atoms with E-state index in [1.54, 1.807) is 10.9 Å². The predicted molar refractivity (Wildman–Crippen MR) is 77.6 cm³/mol. The van der Waals surface area contributed by atoms with Crippen molar-refractivity contribution in [3.05, 3.63) is 41.7 Å². The number of ether oxygens (including phenoxy) is 1. The third-order valence-electron chi connectivity index (χ3n) is 2.82. The minimum absolute atomic E-state index is 0.0293. The maximum Gasteiger partial charge on any atom is 0.234 e. The van der Waals surface area contributed by atoms with Crippen molar-refractivity contribution in [2.75, 3.05) is 13.2 Å². The minimum atomic E-state index is -0.215. The van der Waals surface area contributed by atoms with Crippen LogP contribution in [0.5, 0.6) is 5.75 Å². The van der Waals surface area contributed by atoms with Crippen LogP contribution in [0.3, 0.4) is 0 Å². The molecule has 1 aromatic heterocycles. The van der Waals surface area contributed by atoms with Gasteiger partial charge in [-0.05, 0) is 24.6 Å². The molecule has 0 unspecified atom stereocenters. The monoisotopic (exact) mass is 289 g/mol. The molecule has 7 heteroatoms. The van der Waals surface area contributed by atoms with Crippen molar-refractivity contribution in [2.45, 2.75) is 20.0 Å². The summed E-state index contributed by atoms with van der Waals surface area (Å²) in [6.45, 7) is 3.41. The summed E-state index contributed by atoms with van der Waals surface area (Å²) in [6.07, 6.45) is 1.77. The van der Waals surface area contributed by atoms with Crippen molar-refractivity contribution in [3.8, 4) is 5.75 Å². The summed E-state index contributed by atoms with van der Waals surface area (Å²) in [4.78, 5) is 11.0. The zero-order valence-electron chi connectivity index (χ0n) is 12.0. The quantitative estimate of drug-likeness (QED) is 0.761. The summed E-state index contributed by atoms with van der Waals surface area (Å²) in [7, 11) is 0. The predicted octanol–water partition coefficient (Wildman–Crippen LogP) is 0.240. The summed E-state index contributed by atoms with van der Waals surface area (Å²) in [5, 5.41) is 10.6. The van der Waals surface area contributed by atoms with Crippen molar-refractivity contribution in [3.63, 3.8) is 0 Å². The van der Waals surface area contributed by atoms with Gasteiger partial charge in [0.2, 0.25) is 5.91 Å². The van der Waals surface area contributed by atoms with Gasteiger partial charge in [-0.15, -0.1) is 5.10 Å². The molecule has 0 saturated heterocycles. The van der Waals surface area contributed by atoms with Gasteiger partial charge < -0.3 is 15.8 Å². The topological polar surface area (TPSA) is 95.1 Å². The molecule has 112 valence electrons. The Labute approximate surface area is 123 Å². The Bertz CT molecular complexity index is 597. The van der Waals surface area contributed by atoms with Crippen LogP contribution in [0, 0.1) is 6.92 Å². The number of carbonyl (C=O) groups is 1. The molecule has 0 bridgehead atoms. The molecule has 2 aromatic rings. The second-order valence-electron chi connectivity index (χ2n) is 4.62. The molecule has 0 fully saturated rings. The number of nitrogens with two attached hydrogens (primary N) is 1. The molecule has 0 aliphatic heterocycles. The third kappa shape index (κ3) is 4.88. The fourth-order valence-corrected chi connectivity index (χ4v) is 1.75. The van der Waals surface area contributed by atoms with E-state index in [9.17, 15) is 4.79 Å². The SMILES string of the molecule is Cc1cccc(OCCn2cc(CNC(=O)CN)nn2)c1. The first-order chi connectivity index (χ1) is 10.2. The lowest BCUT2D eigenvalue weighted by Gasteiger charge is -2.06. The summed E-state index contributed by atoms with van der Waals surface area (Å²) in [5.74, 6) is 0.623. The number of aromatic nitrogens is 3. The van der Waals surface area contributed by atoms with E-state index in [1.807, 2.05) is 31.2 Å². The number of hydrogen-bond acceptors (Lipinski definition) is 5. The lowest BCUT2D eigenvalue weighted by Crippen LogP contribution is -2.29. The second-order valence-corrected chi connectivity index (χ2v) is 4.62. The Morgan fingerprint density at radius 2 is 2.33 bits per heavy atom. The van der Waals surface area contributed by atoms with Crippen LogP contribution < -0.4 is 15.8 Å². The molecule has 0 radical (unpaired) electrons. The van der Waals surface area contributed by atoms with Crippen molar-refractivity contribution in [2.24, 2.45) is 5.73 Å². The molecular weight excluding hydrogens is 270 g/mol. The van der Waals surface area contributed by atoms with Crippen molar-refractivity contribution >= 4 is 5.91 Å². The highest BCUT2D eigenvalue weighted by Crippen LogP contribution is 2.12. The Morgan fingerprint density at radius 3 is 3.10 bits per heavy atom. The normalized spacial score (nSPS) is 10.4. The van der Waals surface area contributed by atoms with Crippen molar-refractivity contribution in [1.82, 2.24) is 20.3 Å². The second kappa shape index (κ2) is 7.39. The Kier molecular flexibility index (Phi) is 5.28. The van der Waals surface area contributed by atoms with Gasteiger partial charge in [-0.3, -0.25) is 4.79 Å². The number of benzene rings is 1. The van der Waals surface area contributed by atoms with Gasteiger partial charge in [-0.25, -0.2) is 4.68 Å². The molecule has 0 saturated carbocycles. The van der Waals surface area contributed by atoms with Crippen LogP contribution >= 0.6 is 0 Å². The molecule has 1 heterocycles. The Balaban J connectivity index is 1.76. The number of rotatable bonds is 7. The van der Waals surface area contributed by atoms with Gasteiger partial charge in [0.15, 0.2) is 0 Å². The smallest absolute Gasteiger partial charge is 0.234 e. The molecule has 1 aromatic carbocycles. The lowest BCUT2D eigenvalue weighted by molar-refractivity contribution is -0.119. The molecular formula is C14H19N5O2. The van der Waals surface area contributed by atoms with E-state index in [0.29, 0.717) is 25.4 Å². The van der Waals surface area contributed by atoms with Crippen molar-refractivity contribution < 1.29 is 9.53 Å². The molecule has 3 N–H and O–H groups in total. The lowest BCUT2D eigenvalue weighted by atomic mass is 10.2. The van der Waals surface area contributed by atoms with Crippen LogP contribution in [-0.2, 0) is 17.9 Å². The highest BCUT2D eigenvalue weighted by molar-refractivity contribution is 5.77. The van der Waals surface area contributed by atoms with Gasteiger partial charge in [0.1, 0.15) is 18.1 Å². The molecule has 2 rings (SSSR count). The van der Waals surface area contributed by atoms with E-state index in [2.05, 4.69) is 15.6 Å². The molecule has 0 aliphatic carbocycles. The van der Waals surface area contributed by atoms with Gasteiger partial charge in [-0.1, -0.05) is 17.3 Å². The van der Waals surface area contributed by atoms with E-state index in [-0.39, 0.29) is 12.5 Å². The van der Waals surface area contributed by atoms with Gasteiger partial charge in [-0.2, -0.15) is 0 Å². The van der Waals surface area contributed by atoms with Gasteiger partial charge in [0, 0.05) is 0 Å². The molecule has 0 atom stereocenters. The Morgan fingerprint density at radius 1 is 1.48 bits per heavy atom. The van der Waals surface area contributed by atoms with E-state index in [4.69, 9.17) is 10.5 Å². The zero-order chi connectivity index (χ0) is 15.1. The molecule has 1 amide bonds. The first-order valence-electron chi connectivity index (χ1n) is 6.72. The number of nitrogens with zero attached hydrogens (tertiary/aromatic N) is 3. The van der Waals surface area contributed by atoms with Crippen LogP contribution in [0.1, 0.15) is 11.3 Å². The van der Waals surface area contributed by atoms with Crippen LogP contribution in [0.4, 0.5) is 0 Å². The number of hydrogen-bond donors (Lipinski definition) is 2. The molecule has 0 spiro atoms. The van der Waals surface area contributed by atoms with E-state index < -0.39 is 0 Å². The molecule has 0 aliphatic rings. The van der Waals surface area contributed by atoms with Crippen LogP contribution in [-0.4, -0.2) is 34.1 Å². The number of aryl methyl sites for hydroxylation is 1. The number of amides is 1. The summed E-state index contributed by atoms with van der Waals surface area (Å²) in [6, 6.07) is 7.88. The van der Waals surface area contributed by atoms with E-state index >= 15 is 0 Å². The summed E-state index contributed by atoms with van der Waals surface area (Å²) >= 11 is 0. The average molecular weight is 289 g/mol. The third-order valence-corrected chi connectivity index (χ3v) is 2.82. The van der Waals surface area contributed by atoms with Gasteiger partial charge in [0.05, 0.1) is 25.8 Å². The largest absolute Gasteiger partial charge is 0.492 e. The molecule has 7 nitrogen and oxygen atoms in total. The minimum Gasteiger partial charge on any atom is -0.492 e. The highest BCUT2D eigenvalue weighted by Gasteiger charge is 2.03. The fourth-order valence-electron chi connectivity index (χ4n) is 1.75. The summed E-state index contributed by atoms with van der Waals surface area (Å²) < 4.78 is 7.32. The number of carbonyl (C=O) groups excluding carboxylic acids is 1. The van der Waals surface area contributed by atoms with Crippen LogP contribution in [0.2, 0.25) is 0 Å². The first-order valence-corrected chi connectivity index (χ1v) is 6.72. The molecule has 21 heavy (non-hydrogen) atoms. The standard InChI is InChI=1S/C14H19N5O2/c1-11-3-2-4-13(7-11)21-6-5-19-10-12(17-18-19)9-16-14(20)8-15/h2-4,7,10H,5-6,8-9,15H2,1H3,(H,16,20). The maximum atomic E-state index is 11.0. The van der Waals surface area contributed by atoms with Crippen LogP contribution in [0.25, 0.3) is 0 Å². The zero-order valence-corrected chi connectivity index (χ0v) is 12.0. The fraction of sp³-hybridized carbons (Fsp3) is 0.357.